The molecule has 15 heavy (non-hydrogen) atoms. The molecule has 1 aliphatic carbocycles. The van der Waals surface area contributed by atoms with Crippen LogP contribution in [0.15, 0.2) is 0 Å². The van der Waals surface area contributed by atoms with Crippen molar-refractivity contribution >= 4 is 15.9 Å². The molecular weight excluding hydrogens is 252 g/mol. The summed E-state index contributed by atoms with van der Waals surface area (Å²) in [6.07, 6.45) is 7.16. The van der Waals surface area contributed by atoms with Crippen molar-refractivity contribution in [2.24, 2.45) is 0 Å². The van der Waals surface area contributed by atoms with Crippen molar-refractivity contribution in [3.8, 4) is 0 Å². The average molecular weight is 275 g/mol. The van der Waals surface area contributed by atoms with Crippen LogP contribution in [0.4, 0.5) is 0 Å². The highest BCUT2D eigenvalue weighted by Gasteiger charge is 2.24. The minimum atomic E-state index is 0.908. The summed E-state index contributed by atoms with van der Waals surface area (Å²) in [4.78, 5) is 5.32. The average Bonchev–Trinajstić information content (AvgIpc) is 2.64. The van der Waals surface area contributed by atoms with Crippen molar-refractivity contribution in [2.45, 2.75) is 38.1 Å². The lowest BCUT2D eigenvalue weighted by Gasteiger charge is -2.38. The van der Waals surface area contributed by atoms with Gasteiger partial charge in [-0.15, -0.1) is 0 Å². The summed E-state index contributed by atoms with van der Waals surface area (Å²) in [6, 6.07) is 0.908. The first kappa shape index (κ1) is 11.9. The predicted molar refractivity (Wildman–Crippen MR) is 68.7 cm³/mol. The fourth-order valence-corrected chi connectivity index (χ4v) is 3.07. The highest BCUT2D eigenvalue weighted by Crippen LogP contribution is 2.24. The van der Waals surface area contributed by atoms with Gasteiger partial charge in [0.05, 0.1) is 0 Å². The minimum Gasteiger partial charge on any atom is -0.302 e. The summed E-state index contributed by atoms with van der Waals surface area (Å²) < 4.78 is 0. The second-order valence-corrected chi connectivity index (χ2v) is 5.65. The third-order valence-corrected chi connectivity index (χ3v) is 4.22. The van der Waals surface area contributed by atoms with Crippen LogP contribution in [-0.2, 0) is 0 Å². The van der Waals surface area contributed by atoms with Gasteiger partial charge in [-0.2, -0.15) is 0 Å². The molecule has 0 aromatic rings. The van der Waals surface area contributed by atoms with Crippen molar-refractivity contribution in [3.05, 3.63) is 0 Å². The van der Waals surface area contributed by atoms with E-state index in [1.165, 1.54) is 64.8 Å². The number of rotatable bonds is 6. The normalized spacial score (nSPS) is 23.6. The molecule has 2 rings (SSSR count). The van der Waals surface area contributed by atoms with Crippen LogP contribution in [0.1, 0.15) is 32.1 Å². The molecule has 3 heteroatoms. The summed E-state index contributed by atoms with van der Waals surface area (Å²) in [7, 11) is 0. The van der Waals surface area contributed by atoms with E-state index in [4.69, 9.17) is 0 Å². The molecule has 1 aliphatic heterocycles. The molecule has 0 aromatic carbocycles. The van der Waals surface area contributed by atoms with Gasteiger partial charge in [-0.05, 0) is 38.8 Å². The first-order chi connectivity index (χ1) is 7.40. The van der Waals surface area contributed by atoms with Gasteiger partial charge in [0, 0.05) is 31.0 Å². The van der Waals surface area contributed by atoms with E-state index in [9.17, 15) is 0 Å². The van der Waals surface area contributed by atoms with Crippen LogP contribution in [0.5, 0.6) is 0 Å². The number of nitrogens with zero attached hydrogens (tertiary/aromatic N) is 2. The quantitative estimate of drug-likeness (QED) is 0.686. The third kappa shape index (κ3) is 3.43. The van der Waals surface area contributed by atoms with Crippen LogP contribution in [-0.4, -0.2) is 53.9 Å². The van der Waals surface area contributed by atoms with E-state index < -0.39 is 0 Å². The first-order valence-corrected chi connectivity index (χ1v) is 7.54. The van der Waals surface area contributed by atoms with E-state index in [1.807, 2.05) is 0 Å². The second-order valence-electron chi connectivity index (χ2n) is 4.86. The molecule has 0 N–H and O–H groups in total. The van der Waals surface area contributed by atoms with Gasteiger partial charge in [-0.1, -0.05) is 22.4 Å². The highest BCUT2D eigenvalue weighted by molar-refractivity contribution is 9.09. The number of alkyl halides is 1. The molecule has 1 heterocycles. The zero-order valence-corrected chi connectivity index (χ0v) is 11.2. The standard InChI is InChI=1S/C12H23BrN2/c13-6-9-15(12-4-3-5-12)11-10-14-7-1-2-8-14/h12H,1-11H2. The van der Waals surface area contributed by atoms with E-state index in [2.05, 4.69) is 25.7 Å². The maximum atomic E-state index is 3.57. The molecule has 0 radical (unpaired) electrons. The van der Waals surface area contributed by atoms with Gasteiger partial charge in [-0.3, -0.25) is 4.90 Å². The van der Waals surface area contributed by atoms with E-state index in [0.29, 0.717) is 0 Å². The number of hydrogen-bond acceptors (Lipinski definition) is 2. The summed E-state index contributed by atoms with van der Waals surface area (Å²) in [5.41, 5.74) is 0. The van der Waals surface area contributed by atoms with Crippen LogP contribution < -0.4 is 0 Å². The Bertz CT molecular complexity index is 176. The Morgan fingerprint density at radius 1 is 1.07 bits per heavy atom. The monoisotopic (exact) mass is 274 g/mol. The summed E-state index contributed by atoms with van der Waals surface area (Å²) in [5, 5.41) is 1.13. The zero-order valence-electron chi connectivity index (χ0n) is 9.63. The van der Waals surface area contributed by atoms with Crippen molar-refractivity contribution < 1.29 is 0 Å². The lowest BCUT2D eigenvalue weighted by atomic mass is 9.91. The molecule has 0 bridgehead atoms. The van der Waals surface area contributed by atoms with Crippen LogP contribution >= 0.6 is 15.9 Å². The molecule has 1 saturated heterocycles. The number of hydrogen-bond donors (Lipinski definition) is 0. The molecule has 2 fully saturated rings. The molecule has 0 aromatic heterocycles. The van der Waals surface area contributed by atoms with E-state index in [0.717, 1.165) is 11.4 Å². The largest absolute Gasteiger partial charge is 0.302 e. The summed E-state index contributed by atoms with van der Waals surface area (Å²) >= 11 is 3.57. The molecule has 0 unspecified atom stereocenters. The van der Waals surface area contributed by atoms with E-state index >= 15 is 0 Å². The first-order valence-electron chi connectivity index (χ1n) is 6.42. The Hall–Kier alpha value is 0.400. The summed E-state index contributed by atoms with van der Waals surface area (Å²) in [6.45, 7) is 6.50. The highest BCUT2D eigenvalue weighted by atomic mass is 79.9. The van der Waals surface area contributed by atoms with E-state index in [-0.39, 0.29) is 0 Å². The fraction of sp³-hybridized carbons (Fsp3) is 1.00. The van der Waals surface area contributed by atoms with Crippen molar-refractivity contribution in [1.29, 1.82) is 0 Å². The number of likely N-dealkylation sites (tertiary alicyclic amines) is 1. The van der Waals surface area contributed by atoms with Crippen LogP contribution in [0, 0.1) is 0 Å². The van der Waals surface area contributed by atoms with Crippen molar-refractivity contribution in [3.63, 3.8) is 0 Å². The second kappa shape index (κ2) is 6.21. The van der Waals surface area contributed by atoms with Gasteiger partial charge in [0.2, 0.25) is 0 Å². The Labute approximate surface area is 102 Å². The number of halogens is 1. The lowest BCUT2D eigenvalue weighted by Crippen LogP contribution is -2.44. The minimum absolute atomic E-state index is 0.908. The third-order valence-electron chi connectivity index (χ3n) is 3.86. The smallest absolute Gasteiger partial charge is 0.0159 e. The fourth-order valence-electron chi connectivity index (χ4n) is 2.61. The van der Waals surface area contributed by atoms with Crippen LogP contribution in [0.2, 0.25) is 0 Å². The predicted octanol–water partition coefficient (Wildman–Crippen LogP) is 2.33. The Morgan fingerprint density at radius 2 is 1.80 bits per heavy atom. The van der Waals surface area contributed by atoms with Gasteiger partial charge in [0.15, 0.2) is 0 Å². The van der Waals surface area contributed by atoms with Gasteiger partial charge in [0.25, 0.3) is 0 Å². The summed E-state index contributed by atoms with van der Waals surface area (Å²) in [5.74, 6) is 0. The Morgan fingerprint density at radius 3 is 2.33 bits per heavy atom. The maximum Gasteiger partial charge on any atom is 0.0159 e. The topological polar surface area (TPSA) is 6.48 Å². The van der Waals surface area contributed by atoms with Gasteiger partial charge in [-0.25, -0.2) is 0 Å². The maximum absolute atomic E-state index is 3.57. The molecule has 1 saturated carbocycles. The van der Waals surface area contributed by atoms with Gasteiger partial charge in [0.1, 0.15) is 0 Å². The zero-order chi connectivity index (χ0) is 10.5. The molecule has 2 nitrogen and oxygen atoms in total. The molecular formula is C12H23BrN2. The lowest BCUT2D eigenvalue weighted by molar-refractivity contribution is 0.121. The van der Waals surface area contributed by atoms with E-state index in [1.54, 1.807) is 0 Å². The van der Waals surface area contributed by atoms with Gasteiger partial charge >= 0.3 is 0 Å². The molecule has 0 spiro atoms. The molecule has 2 aliphatic rings. The molecule has 0 amide bonds. The Balaban J connectivity index is 1.68. The van der Waals surface area contributed by atoms with Crippen molar-refractivity contribution in [2.75, 3.05) is 38.1 Å². The van der Waals surface area contributed by atoms with Crippen molar-refractivity contribution in [1.82, 2.24) is 9.80 Å². The Kier molecular flexibility index (Phi) is 4.92. The molecule has 0 atom stereocenters. The van der Waals surface area contributed by atoms with Gasteiger partial charge < -0.3 is 4.90 Å². The molecule has 88 valence electrons. The SMILES string of the molecule is BrCCN(CCN1CCCC1)C1CCC1. The van der Waals surface area contributed by atoms with Crippen LogP contribution in [0.3, 0.4) is 0 Å². The van der Waals surface area contributed by atoms with Crippen LogP contribution in [0.25, 0.3) is 0 Å².